The number of carbonyl (C=O) groups is 1. The number of nitrogens with one attached hydrogen (secondary N) is 1. The van der Waals surface area contributed by atoms with E-state index in [1.165, 1.54) is 12.8 Å². The topological polar surface area (TPSA) is 52.6 Å². The van der Waals surface area contributed by atoms with Crippen molar-refractivity contribution in [3.05, 3.63) is 23.8 Å². The normalized spacial score (nSPS) is 22.2. The van der Waals surface area contributed by atoms with Crippen molar-refractivity contribution in [2.24, 2.45) is 0 Å². The standard InChI is InChI=1S/C13H16N2O2/c1-2-15(8-3-4-8)9-5-6-10-11(7-9)14-13(17)12(10)16/h5-8,12,16H,2-4H2,1H3,(H,14,17). The first kappa shape index (κ1) is 10.6. The van der Waals surface area contributed by atoms with Crippen LogP contribution in [-0.4, -0.2) is 23.6 Å². The summed E-state index contributed by atoms with van der Waals surface area (Å²) in [6, 6.07) is 6.45. The molecule has 1 saturated carbocycles. The summed E-state index contributed by atoms with van der Waals surface area (Å²) >= 11 is 0. The quantitative estimate of drug-likeness (QED) is 0.833. The lowest BCUT2D eigenvalue weighted by Crippen LogP contribution is -2.24. The number of hydrogen-bond donors (Lipinski definition) is 2. The van der Waals surface area contributed by atoms with E-state index in [-0.39, 0.29) is 5.91 Å². The molecular weight excluding hydrogens is 216 g/mol. The highest BCUT2D eigenvalue weighted by Crippen LogP contribution is 2.37. The zero-order valence-electron chi connectivity index (χ0n) is 9.81. The van der Waals surface area contributed by atoms with Gasteiger partial charge in [0.15, 0.2) is 6.10 Å². The monoisotopic (exact) mass is 232 g/mol. The van der Waals surface area contributed by atoms with E-state index in [0.29, 0.717) is 11.6 Å². The number of anilines is 2. The average Bonchev–Trinajstić information content (AvgIpc) is 3.10. The molecule has 2 aliphatic rings. The number of fused-ring (bicyclic) bond motifs is 1. The van der Waals surface area contributed by atoms with Crippen molar-refractivity contribution in [2.75, 3.05) is 16.8 Å². The molecule has 4 heteroatoms. The molecule has 0 spiro atoms. The van der Waals surface area contributed by atoms with Gasteiger partial charge in [0.05, 0.1) is 0 Å². The lowest BCUT2D eigenvalue weighted by molar-refractivity contribution is -0.123. The summed E-state index contributed by atoms with van der Waals surface area (Å²) in [5.74, 6) is -0.327. The fourth-order valence-corrected chi connectivity index (χ4v) is 2.45. The van der Waals surface area contributed by atoms with E-state index in [2.05, 4.69) is 17.1 Å². The Bertz CT molecular complexity index is 468. The third-order valence-electron chi connectivity index (χ3n) is 3.50. The zero-order valence-corrected chi connectivity index (χ0v) is 9.81. The van der Waals surface area contributed by atoms with Gasteiger partial charge in [-0.3, -0.25) is 4.79 Å². The van der Waals surface area contributed by atoms with Crippen LogP contribution in [0.15, 0.2) is 18.2 Å². The lowest BCUT2D eigenvalue weighted by Gasteiger charge is -2.23. The molecule has 1 aliphatic heterocycles. The predicted octanol–water partition coefficient (Wildman–Crippen LogP) is 1.66. The highest BCUT2D eigenvalue weighted by Gasteiger charge is 2.31. The first-order chi connectivity index (χ1) is 8.20. The lowest BCUT2D eigenvalue weighted by atomic mass is 10.1. The van der Waals surface area contributed by atoms with Gasteiger partial charge in [-0.15, -0.1) is 0 Å². The van der Waals surface area contributed by atoms with E-state index < -0.39 is 6.10 Å². The van der Waals surface area contributed by atoms with Crippen molar-refractivity contribution < 1.29 is 9.90 Å². The largest absolute Gasteiger partial charge is 0.378 e. The van der Waals surface area contributed by atoms with Crippen LogP contribution in [0.3, 0.4) is 0 Å². The molecule has 1 aliphatic carbocycles. The Labute approximate surface area is 100 Å². The summed E-state index contributed by atoms with van der Waals surface area (Å²) in [6.45, 7) is 3.11. The Morgan fingerprint density at radius 2 is 2.24 bits per heavy atom. The van der Waals surface area contributed by atoms with Gasteiger partial charge < -0.3 is 15.3 Å². The molecule has 0 bridgehead atoms. The van der Waals surface area contributed by atoms with Crippen LogP contribution in [0, 0.1) is 0 Å². The Kier molecular flexibility index (Phi) is 2.33. The zero-order chi connectivity index (χ0) is 12.0. The van der Waals surface area contributed by atoms with Crippen molar-refractivity contribution in [2.45, 2.75) is 31.9 Å². The molecule has 4 nitrogen and oxygen atoms in total. The van der Waals surface area contributed by atoms with Gasteiger partial charge in [-0.25, -0.2) is 0 Å². The third kappa shape index (κ3) is 1.69. The van der Waals surface area contributed by atoms with E-state index in [1.54, 1.807) is 0 Å². The number of aliphatic hydroxyl groups is 1. The first-order valence-corrected chi connectivity index (χ1v) is 6.10. The van der Waals surface area contributed by atoms with Crippen LogP contribution in [-0.2, 0) is 4.79 Å². The number of aliphatic hydroxyl groups excluding tert-OH is 1. The van der Waals surface area contributed by atoms with Gasteiger partial charge in [-0.05, 0) is 31.9 Å². The summed E-state index contributed by atoms with van der Waals surface area (Å²) in [6.07, 6.45) is 1.50. The summed E-state index contributed by atoms with van der Waals surface area (Å²) < 4.78 is 0. The Balaban J connectivity index is 1.94. The van der Waals surface area contributed by atoms with Gasteiger partial charge in [0.25, 0.3) is 5.91 Å². The Morgan fingerprint density at radius 1 is 1.47 bits per heavy atom. The van der Waals surface area contributed by atoms with E-state index in [9.17, 15) is 9.90 Å². The number of nitrogens with zero attached hydrogens (tertiary/aromatic N) is 1. The number of benzene rings is 1. The number of carbonyl (C=O) groups excluding carboxylic acids is 1. The van der Waals surface area contributed by atoms with Crippen LogP contribution < -0.4 is 10.2 Å². The van der Waals surface area contributed by atoms with Crippen LogP contribution in [0.4, 0.5) is 11.4 Å². The van der Waals surface area contributed by atoms with Gasteiger partial charge in [0.1, 0.15) is 0 Å². The molecule has 0 saturated heterocycles. The van der Waals surface area contributed by atoms with Gasteiger partial charge in [0, 0.05) is 29.5 Å². The summed E-state index contributed by atoms with van der Waals surface area (Å²) in [4.78, 5) is 13.7. The van der Waals surface area contributed by atoms with Crippen LogP contribution in [0.2, 0.25) is 0 Å². The molecule has 0 aromatic heterocycles. The van der Waals surface area contributed by atoms with Crippen LogP contribution in [0.25, 0.3) is 0 Å². The fourth-order valence-electron chi connectivity index (χ4n) is 2.45. The fraction of sp³-hybridized carbons (Fsp3) is 0.462. The number of rotatable bonds is 3. The van der Waals surface area contributed by atoms with Crippen molar-refractivity contribution in [1.29, 1.82) is 0 Å². The molecule has 90 valence electrons. The van der Waals surface area contributed by atoms with Crippen LogP contribution >= 0.6 is 0 Å². The third-order valence-corrected chi connectivity index (χ3v) is 3.50. The molecule has 1 atom stereocenters. The molecule has 1 fully saturated rings. The number of hydrogen-bond acceptors (Lipinski definition) is 3. The van der Waals surface area contributed by atoms with Gasteiger partial charge >= 0.3 is 0 Å². The molecule has 1 unspecified atom stereocenters. The molecular formula is C13H16N2O2. The molecule has 1 aromatic rings. The minimum absolute atomic E-state index is 0.327. The Hall–Kier alpha value is -1.55. The molecule has 1 heterocycles. The van der Waals surface area contributed by atoms with E-state index in [4.69, 9.17) is 0 Å². The Morgan fingerprint density at radius 3 is 2.88 bits per heavy atom. The minimum Gasteiger partial charge on any atom is -0.378 e. The molecule has 1 aromatic carbocycles. The van der Waals surface area contributed by atoms with Crippen LogP contribution in [0.1, 0.15) is 31.4 Å². The maximum Gasteiger partial charge on any atom is 0.257 e. The maximum absolute atomic E-state index is 11.4. The second-order valence-electron chi connectivity index (χ2n) is 4.68. The van der Waals surface area contributed by atoms with Crippen molar-refractivity contribution in [1.82, 2.24) is 0 Å². The summed E-state index contributed by atoms with van der Waals surface area (Å²) in [7, 11) is 0. The second kappa shape index (κ2) is 3.74. The SMILES string of the molecule is CCN(c1ccc2c(c1)NC(=O)C2O)C1CC1. The van der Waals surface area contributed by atoms with Crippen LogP contribution in [0.5, 0.6) is 0 Å². The highest BCUT2D eigenvalue weighted by molar-refractivity contribution is 6.02. The average molecular weight is 232 g/mol. The van der Waals surface area contributed by atoms with E-state index >= 15 is 0 Å². The summed E-state index contributed by atoms with van der Waals surface area (Å²) in [5.41, 5.74) is 2.56. The van der Waals surface area contributed by atoms with Gasteiger partial charge in [0.2, 0.25) is 0 Å². The van der Waals surface area contributed by atoms with Crippen molar-refractivity contribution in [3.8, 4) is 0 Å². The first-order valence-electron chi connectivity index (χ1n) is 6.10. The molecule has 3 rings (SSSR count). The predicted molar refractivity (Wildman–Crippen MR) is 66.1 cm³/mol. The minimum atomic E-state index is -1.00. The van der Waals surface area contributed by atoms with Crippen molar-refractivity contribution >= 4 is 17.3 Å². The van der Waals surface area contributed by atoms with Crippen molar-refractivity contribution in [3.63, 3.8) is 0 Å². The molecule has 2 N–H and O–H groups in total. The van der Waals surface area contributed by atoms with E-state index in [0.717, 1.165) is 17.9 Å². The summed E-state index contributed by atoms with van der Waals surface area (Å²) in [5, 5.41) is 12.3. The maximum atomic E-state index is 11.4. The van der Waals surface area contributed by atoms with Gasteiger partial charge in [-0.2, -0.15) is 0 Å². The smallest absolute Gasteiger partial charge is 0.257 e. The molecule has 0 radical (unpaired) electrons. The van der Waals surface area contributed by atoms with E-state index in [1.807, 2.05) is 18.2 Å². The van der Waals surface area contributed by atoms with Gasteiger partial charge in [-0.1, -0.05) is 6.07 Å². The number of amides is 1. The molecule has 1 amide bonds. The highest BCUT2D eigenvalue weighted by atomic mass is 16.3. The molecule has 17 heavy (non-hydrogen) atoms. The second-order valence-corrected chi connectivity index (χ2v) is 4.68.